The average Bonchev–Trinajstić information content (AvgIpc) is 2.77. The highest BCUT2D eigenvalue weighted by atomic mass is 79.9. The van der Waals surface area contributed by atoms with E-state index >= 15 is 0 Å². The first-order valence-electron chi connectivity index (χ1n) is 5.82. The number of nitrogens with zero attached hydrogens (tertiary/aromatic N) is 4. The lowest BCUT2D eigenvalue weighted by atomic mass is 10.0. The minimum Gasteiger partial charge on any atom is -0.319 e. The van der Waals surface area contributed by atoms with Gasteiger partial charge in [0.05, 0.1) is 17.3 Å². The van der Waals surface area contributed by atoms with E-state index in [1.807, 2.05) is 37.4 Å². The highest BCUT2D eigenvalue weighted by Crippen LogP contribution is 2.26. The predicted molar refractivity (Wildman–Crippen MR) is 76.5 cm³/mol. The minimum atomic E-state index is -0.279. The highest BCUT2D eigenvalue weighted by molar-refractivity contribution is 9.10. The lowest BCUT2D eigenvalue weighted by Crippen LogP contribution is -2.16. The Morgan fingerprint density at radius 1 is 1.32 bits per heavy atom. The molecule has 19 heavy (non-hydrogen) atoms. The van der Waals surface area contributed by atoms with Crippen molar-refractivity contribution in [1.29, 1.82) is 0 Å². The quantitative estimate of drug-likeness (QED) is 0.786. The van der Waals surface area contributed by atoms with Crippen molar-refractivity contribution in [1.82, 2.24) is 20.0 Å². The van der Waals surface area contributed by atoms with Gasteiger partial charge in [-0.05, 0) is 39.7 Å². The third-order valence-electron chi connectivity index (χ3n) is 3.11. The van der Waals surface area contributed by atoms with Gasteiger partial charge in [-0.15, -0.1) is 5.10 Å². The van der Waals surface area contributed by atoms with Crippen molar-refractivity contribution in [3.63, 3.8) is 0 Å². The monoisotopic (exact) mass is 317 g/mol. The van der Waals surface area contributed by atoms with E-state index in [-0.39, 0.29) is 6.04 Å². The summed E-state index contributed by atoms with van der Waals surface area (Å²) in [5, 5.41) is 8.99. The molecule has 0 fully saturated rings. The van der Waals surface area contributed by atoms with Gasteiger partial charge in [0.25, 0.3) is 0 Å². The molecular weight excluding hydrogens is 306 g/mol. The zero-order chi connectivity index (χ0) is 13.4. The van der Waals surface area contributed by atoms with Crippen molar-refractivity contribution in [3.05, 3.63) is 52.4 Å². The van der Waals surface area contributed by atoms with E-state index in [0.717, 1.165) is 22.2 Å². The summed E-state index contributed by atoms with van der Waals surface area (Å²) in [4.78, 5) is 4.30. The van der Waals surface area contributed by atoms with Gasteiger partial charge in [0.2, 0.25) is 0 Å². The molecule has 3 aromatic rings. The van der Waals surface area contributed by atoms with Crippen molar-refractivity contribution >= 4 is 26.8 Å². The molecule has 0 bridgehead atoms. The molecule has 0 amide bonds. The maximum Gasteiger partial charge on any atom is 0.153 e. The normalized spacial score (nSPS) is 12.8. The van der Waals surface area contributed by atoms with E-state index in [2.05, 4.69) is 31.2 Å². The zero-order valence-corrected chi connectivity index (χ0v) is 11.9. The molecule has 1 unspecified atom stereocenters. The summed E-state index contributed by atoms with van der Waals surface area (Å²) in [6.45, 7) is 0. The molecule has 3 rings (SSSR count). The van der Waals surface area contributed by atoms with E-state index < -0.39 is 0 Å². The van der Waals surface area contributed by atoms with Crippen molar-refractivity contribution in [2.75, 3.05) is 0 Å². The average molecular weight is 318 g/mol. The Balaban J connectivity index is 2.09. The molecular formula is C13H12BrN5. The van der Waals surface area contributed by atoms with Crippen LogP contribution in [-0.4, -0.2) is 20.0 Å². The largest absolute Gasteiger partial charge is 0.319 e. The third-order valence-corrected chi connectivity index (χ3v) is 3.67. The van der Waals surface area contributed by atoms with E-state index in [9.17, 15) is 0 Å². The summed E-state index contributed by atoms with van der Waals surface area (Å²) in [5.41, 5.74) is 9.12. The van der Waals surface area contributed by atoms with Crippen molar-refractivity contribution < 1.29 is 0 Å². The number of pyridine rings is 1. The fourth-order valence-corrected chi connectivity index (χ4v) is 2.69. The number of hydrogen-bond donors (Lipinski definition) is 1. The summed E-state index contributed by atoms with van der Waals surface area (Å²) in [5.74, 6) is 0. The fourth-order valence-electron chi connectivity index (χ4n) is 2.11. The molecule has 0 aliphatic carbocycles. The van der Waals surface area contributed by atoms with E-state index in [1.165, 1.54) is 0 Å². The van der Waals surface area contributed by atoms with Crippen molar-refractivity contribution in [2.45, 2.75) is 6.04 Å². The Labute approximate surface area is 118 Å². The van der Waals surface area contributed by atoms with E-state index in [4.69, 9.17) is 5.73 Å². The number of hydrogen-bond acceptors (Lipinski definition) is 4. The molecule has 5 nitrogen and oxygen atoms in total. The number of benzene rings is 1. The lowest BCUT2D eigenvalue weighted by molar-refractivity contribution is 0.651. The Hall–Kier alpha value is -1.79. The van der Waals surface area contributed by atoms with Crippen LogP contribution in [0, 0.1) is 0 Å². The van der Waals surface area contributed by atoms with E-state index in [0.29, 0.717) is 4.60 Å². The number of fused-ring (bicyclic) bond motifs is 1. The van der Waals surface area contributed by atoms with Gasteiger partial charge in [0.15, 0.2) is 4.60 Å². The number of nitrogens with two attached hydrogens (primary N) is 1. The van der Waals surface area contributed by atoms with Crippen LogP contribution in [0.2, 0.25) is 0 Å². The molecule has 6 heteroatoms. The second-order valence-electron chi connectivity index (χ2n) is 4.32. The first-order chi connectivity index (χ1) is 9.16. The maximum absolute atomic E-state index is 6.30. The van der Waals surface area contributed by atoms with E-state index in [1.54, 1.807) is 10.9 Å². The fraction of sp³-hybridized carbons (Fsp3) is 0.154. The zero-order valence-electron chi connectivity index (χ0n) is 10.3. The van der Waals surface area contributed by atoms with Crippen molar-refractivity contribution in [2.24, 2.45) is 12.8 Å². The standard InChI is InChI=1S/C13H12BrN5/c1-19-12(13(14)17-18-19)11(15)9-4-5-10-8(7-9)3-2-6-16-10/h2-7,11H,15H2,1H3. The second-order valence-corrected chi connectivity index (χ2v) is 5.07. The summed E-state index contributed by atoms with van der Waals surface area (Å²) in [6.07, 6.45) is 1.78. The first kappa shape index (κ1) is 12.3. The summed E-state index contributed by atoms with van der Waals surface area (Å²) < 4.78 is 2.36. The molecule has 0 aliphatic heterocycles. The van der Waals surface area contributed by atoms with Gasteiger partial charge in [-0.3, -0.25) is 4.98 Å². The predicted octanol–water partition coefficient (Wildman–Crippen LogP) is 2.17. The Morgan fingerprint density at radius 2 is 2.16 bits per heavy atom. The molecule has 2 aromatic heterocycles. The number of aromatic nitrogens is 4. The van der Waals surface area contributed by atoms with Gasteiger partial charge in [0, 0.05) is 18.6 Å². The molecule has 2 heterocycles. The summed E-state index contributed by atoms with van der Waals surface area (Å²) >= 11 is 3.38. The van der Waals surface area contributed by atoms with Gasteiger partial charge < -0.3 is 5.73 Å². The van der Waals surface area contributed by atoms with Crippen LogP contribution in [0.1, 0.15) is 17.3 Å². The van der Waals surface area contributed by atoms with Crippen LogP contribution in [0.4, 0.5) is 0 Å². The lowest BCUT2D eigenvalue weighted by Gasteiger charge is -2.13. The molecule has 0 saturated heterocycles. The maximum atomic E-state index is 6.30. The molecule has 0 saturated carbocycles. The Morgan fingerprint density at radius 3 is 2.89 bits per heavy atom. The summed E-state index contributed by atoms with van der Waals surface area (Å²) in [6, 6.07) is 9.67. The Bertz CT molecular complexity index is 717. The van der Waals surface area contributed by atoms with Gasteiger partial charge >= 0.3 is 0 Å². The number of halogens is 1. The van der Waals surface area contributed by atoms with Crippen LogP contribution in [0.5, 0.6) is 0 Å². The molecule has 1 aromatic carbocycles. The SMILES string of the molecule is Cn1nnc(Br)c1C(N)c1ccc2ncccc2c1. The minimum absolute atomic E-state index is 0.279. The van der Waals surface area contributed by atoms with Crippen LogP contribution < -0.4 is 5.73 Å². The van der Waals surface area contributed by atoms with Gasteiger partial charge in [-0.25, -0.2) is 4.68 Å². The molecule has 0 radical (unpaired) electrons. The summed E-state index contributed by atoms with van der Waals surface area (Å²) in [7, 11) is 1.83. The second kappa shape index (κ2) is 4.71. The molecule has 1 atom stereocenters. The molecule has 96 valence electrons. The van der Waals surface area contributed by atoms with Crippen LogP contribution >= 0.6 is 15.9 Å². The van der Waals surface area contributed by atoms with Gasteiger partial charge in [0.1, 0.15) is 0 Å². The topological polar surface area (TPSA) is 69.6 Å². The van der Waals surface area contributed by atoms with Crippen LogP contribution in [0.25, 0.3) is 10.9 Å². The Kier molecular flexibility index (Phi) is 3.04. The molecule has 2 N–H and O–H groups in total. The highest BCUT2D eigenvalue weighted by Gasteiger charge is 2.18. The van der Waals surface area contributed by atoms with Crippen LogP contribution in [0.15, 0.2) is 41.1 Å². The van der Waals surface area contributed by atoms with Gasteiger partial charge in [-0.2, -0.15) is 0 Å². The molecule has 0 spiro atoms. The number of aryl methyl sites for hydroxylation is 1. The first-order valence-corrected chi connectivity index (χ1v) is 6.61. The number of rotatable bonds is 2. The smallest absolute Gasteiger partial charge is 0.153 e. The van der Waals surface area contributed by atoms with Gasteiger partial charge in [-0.1, -0.05) is 17.3 Å². The third kappa shape index (κ3) is 2.13. The van der Waals surface area contributed by atoms with Crippen molar-refractivity contribution in [3.8, 4) is 0 Å². The van der Waals surface area contributed by atoms with Crippen LogP contribution in [-0.2, 0) is 7.05 Å². The van der Waals surface area contributed by atoms with Crippen LogP contribution in [0.3, 0.4) is 0 Å². The molecule has 0 aliphatic rings.